The molecule has 0 saturated carbocycles. The number of aromatic amines is 2. The minimum atomic E-state index is -0.578. The number of aryl methyl sites for hydroxylation is 1. The third kappa shape index (κ3) is 3.03. The predicted molar refractivity (Wildman–Crippen MR) is 114 cm³/mol. The molecule has 0 saturated heterocycles. The maximum Gasteiger partial charge on any atom is 0.135 e. The summed E-state index contributed by atoms with van der Waals surface area (Å²) >= 11 is 0. The number of rotatable bonds is 3. The van der Waals surface area contributed by atoms with Crippen molar-refractivity contribution in [2.45, 2.75) is 6.92 Å². The van der Waals surface area contributed by atoms with Gasteiger partial charge in [-0.3, -0.25) is 0 Å². The highest BCUT2D eigenvalue weighted by atomic mass is 19.1. The van der Waals surface area contributed by atoms with Crippen LogP contribution in [0.2, 0.25) is 0 Å². The minimum absolute atomic E-state index is 0.0322. The Hall–Kier alpha value is -3.66. The molecule has 2 aromatic heterocycles. The smallest absolute Gasteiger partial charge is 0.135 e. The molecule has 5 rings (SSSR count). The van der Waals surface area contributed by atoms with Crippen LogP contribution in [0.3, 0.4) is 0 Å². The fourth-order valence-electron chi connectivity index (χ4n) is 3.80. The van der Waals surface area contributed by atoms with Crippen LogP contribution < -0.4 is 0 Å². The van der Waals surface area contributed by atoms with E-state index in [1.807, 2.05) is 30.5 Å². The SMILES string of the molecule is Cc1ccc(-c2ccc[nH]2)cc1-c1ccc2[nH]c(-c3c(F)cccc3F)cc2c1. The normalized spacial score (nSPS) is 11.3. The van der Waals surface area contributed by atoms with Crippen molar-refractivity contribution in [3.63, 3.8) is 0 Å². The Kier molecular flexibility index (Phi) is 4.06. The molecule has 0 fully saturated rings. The van der Waals surface area contributed by atoms with Crippen molar-refractivity contribution in [3.8, 4) is 33.6 Å². The molecular formula is C25H18F2N2. The van der Waals surface area contributed by atoms with E-state index in [1.54, 1.807) is 6.07 Å². The number of nitrogens with one attached hydrogen (secondary N) is 2. The van der Waals surface area contributed by atoms with Crippen LogP contribution in [0.25, 0.3) is 44.5 Å². The third-order valence-corrected chi connectivity index (χ3v) is 5.31. The van der Waals surface area contributed by atoms with E-state index in [-0.39, 0.29) is 5.56 Å². The van der Waals surface area contributed by atoms with Crippen LogP contribution in [0.5, 0.6) is 0 Å². The van der Waals surface area contributed by atoms with Crippen molar-refractivity contribution >= 4 is 10.9 Å². The number of aromatic nitrogens is 2. The second-order valence-electron chi connectivity index (χ2n) is 7.20. The topological polar surface area (TPSA) is 31.6 Å². The van der Waals surface area contributed by atoms with Gasteiger partial charge in [0.05, 0.1) is 11.3 Å². The summed E-state index contributed by atoms with van der Waals surface area (Å²) in [4.78, 5) is 6.37. The average Bonchev–Trinajstić information content (AvgIpc) is 3.37. The van der Waals surface area contributed by atoms with Crippen LogP contribution in [0.4, 0.5) is 8.78 Å². The van der Waals surface area contributed by atoms with Crippen molar-refractivity contribution in [3.05, 3.63) is 96.2 Å². The van der Waals surface area contributed by atoms with E-state index in [0.717, 1.165) is 38.9 Å². The molecule has 0 radical (unpaired) electrons. The lowest BCUT2D eigenvalue weighted by atomic mass is 9.96. The lowest BCUT2D eigenvalue weighted by Gasteiger charge is -2.09. The Labute approximate surface area is 166 Å². The van der Waals surface area contributed by atoms with Gasteiger partial charge in [0.25, 0.3) is 0 Å². The molecule has 0 bridgehead atoms. The first kappa shape index (κ1) is 17.4. The highest BCUT2D eigenvalue weighted by Gasteiger charge is 2.14. The van der Waals surface area contributed by atoms with E-state index >= 15 is 0 Å². The van der Waals surface area contributed by atoms with Gasteiger partial charge in [-0.2, -0.15) is 0 Å². The molecule has 5 aromatic rings. The highest BCUT2D eigenvalue weighted by Crippen LogP contribution is 2.33. The number of fused-ring (bicyclic) bond motifs is 1. The molecule has 29 heavy (non-hydrogen) atoms. The van der Waals surface area contributed by atoms with Crippen LogP contribution in [0, 0.1) is 18.6 Å². The molecule has 4 heteroatoms. The molecule has 0 amide bonds. The van der Waals surface area contributed by atoms with Gasteiger partial charge < -0.3 is 9.97 Å². The summed E-state index contributed by atoms with van der Waals surface area (Å²) in [5.74, 6) is -1.16. The largest absolute Gasteiger partial charge is 0.361 e. The van der Waals surface area contributed by atoms with Gasteiger partial charge in [-0.15, -0.1) is 0 Å². The number of halogens is 2. The monoisotopic (exact) mass is 384 g/mol. The van der Waals surface area contributed by atoms with E-state index in [2.05, 4.69) is 41.2 Å². The quantitative estimate of drug-likeness (QED) is 0.333. The zero-order chi connectivity index (χ0) is 20.0. The van der Waals surface area contributed by atoms with Gasteiger partial charge in [-0.25, -0.2) is 8.78 Å². The fraction of sp³-hybridized carbons (Fsp3) is 0.0400. The van der Waals surface area contributed by atoms with Gasteiger partial charge in [0.2, 0.25) is 0 Å². The maximum absolute atomic E-state index is 14.2. The zero-order valence-corrected chi connectivity index (χ0v) is 15.8. The van der Waals surface area contributed by atoms with E-state index in [9.17, 15) is 8.78 Å². The first-order valence-corrected chi connectivity index (χ1v) is 9.42. The highest BCUT2D eigenvalue weighted by molar-refractivity contribution is 5.90. The number of benzene rings is 3. The molecule has 0 aliphatic carbocycles. The van der Waals surface area contributed by atoms with E-state index in [0.29, 0.717) is 5.69 Å². The van der Waals surface area contributed by atoms with Crippen molar-refractivity contribution in [1.82, 2.24) is 9.97 Å². The first-order valence-electron chi connectivity index (χ1n) is 9.42. The van der Waals surface area contributed by atoms with Crippen molar-refractivity contribution in [2.75, 3.05) is 0 Å². The summed E-state index contributed by atoms with van der Waals surface area (Å²) in [5, 5.41) is 0.907. The van der Waals surface area contributed by atoms with Gasteiger partial charge in [0, 0.05) is 22.8 Å². The summed E-state index contributed by atoms with van der Waals surface area (Å²) in [6, 6.07) is 22.1. The third-order valence-electron chi connectivity index (χ3n) is 5.31. The number of H-pyrrole nitrogens is 2. The summed E-state index contributed by atoms with van der Waals surface area (Å²) in [5.41, 5.74) is 6.76. The fourth-order valence-corrected chi connectivity index (χ4v) is 3.80. The van der Waals surface area contributed by atoms with Crippen molar-refractivity contribution < 1.29 is 8.78 Å². The number of hydrogen-bond donors (Lipinski definition) is 2. The summed E-state index contributed by atoms with van der Waals surface area (Å²) < 4.78 is 28.4. The van der Waals surface area contributed by atoms with Crippen LogP contribution in [-0.4, -0.2) is 9.97 Å². The van der Waals surface area contributed by atoms with Crippen LogP contribution in [0.1, 0.15) is 5.56 Å². The minimum Gasteiger partial charge on any atom is -0.361 e. The Balaban J connectivity index is 1.62. The Morgan fingerprint density at radius 2 is 1.52 bits per heavy atom. The molecule has 2 nitrogen and oxygen atoms in total. The van der Waals surface area contributed by atoms with Gasteiger partial charge in [-0.1, -0.05) is 24.3 Å². The second kappa shape index (κ2) is 6.74. The molecule has 0 aliphatic rings. The molecule has 2 N–H and O–H groups in total. The zero-order valence-electron chi connectivity index (χ0n) is 15.8. The molecular weight excluding hydrogens is 366 g/mol. The van der Waals surface area contributed by atoms with Crippen LogP contribution in [0.15, 0.2) is 79.0 Å². The van der Waals surface area contributed by atoms with Gasteiger partial charge in [-0.05, 0) is 77.7 Å². The lowest BCUT2D eigenvalue weighted by molar-refractivity contribution is 0.589. The van der Waals surface area contributed by atoms with E-state index in [1.165, 1.54) is 18.2 Å². The summed E-state index contributed by atoms with van der Waals surface area (Å²) in [6.07, 6.45) is 1.91. The Bertz CT molecular complexity index is 1310. The predicted octanol–water partition coefficient (Wildman–Crippen LogP) is 7.08. The van der Waals surface area contributed by atoms with Crippen molar-refractivity contribution in [2.24, 2.45) is 0 Å². The molecule has 0 atom stereocenters. The van der Waals surface area contributed by atoms with Crippen LogP contribution in [-0.2, 0) is 0 Å². The molecule has 0 unspecified atom stereocenters. The van der Waals surface area contributed by atoms with Gasteiger partial charge >= 0.3 is 0 Å². The number of hydrogen-bond acceptors (Lipinski definition) is 0. The van der Waals surface area contributed by atoms with Crippen LogP contribution >= 0.6 is 0 Å². The Morgan fingerprint density at radius 3 is 2.28 bits per heavy atom. The summed E-state index contributed by atoms with van der Waals surface area (Å²) in [6.45, 7) is 2.08. The lowest BCUT2D eigenvalue weighted by Crippen LogP contribution is -1.89. The van der Waals surface area contributed by atoms with Gasteiger partial charge in [0.15, 0.2) is 0 Å². The second-order valence-corrected chi connectivity index (χ2v) is 7.20. The van der Waals surface area contributed by atoms with E-state index < -0.39 is 11.6 Å². The van der Waals surface area contributed by atoms with E-state index in [4.69, 9.17) is 0 Å². The summed E-state index contributed by atoms with van der Waals surface area (Å²) in [7, 11) is 0. The standard InChI is InChI=1S/C25H18F2N2/c1-15-7-8-17(22-6-3-11-28-22)13-19(15)16-9-10-23-18(12-16)14-24(29-23)25-20(26)4-2-5-21(25)27/h2-14,28-29H,1H3. The average molecular weight is 384 g/mol. The maximum atomic E-state index is 14.2. The van der Waals surface area contributed by atoms with Gasteiger partial charge in [0.1, 0.15) is 11.6 Å². The molecule has 0 spiro atoms. The van der Waals surface area contributed by atoms with Crippen molar-refractivity contribution in [1.29, 1.82) is 0 Å². The molecule has 0 aliphatic heterocycles. The molecule has 3 aromatic carbocycles. The Morgan fingerprint density at radius 1 is 0.724 bits per heavy atom. The molecule has 142 valence electrons. The first-order chi connectivity index (χ1) is 14.1. The molecule has 2 heterocycles.